The van der Waals surface area contributed by atoms with Crippen molar-refractivity contribution in [2.45, 2.75) is 31.1 Å². The summed E-state index contributed by atoms with van der Waals surface area (Å²) in [5.74, 6) is 2.16. The summed E-state index contributed by atoms with van der Waals surface area (Å²) in [6.45, 7) is 0.793. The molecule has 1 atom stereocenters. The molecule has 3 nitrogen and oxygen atoms in total. The molecule has 1 aromatic heterocycles. The van der Waals surface area contributed by atoms with Crippen molar-refractivity contribution in [3.63, 3.8) is 0 Å². The topological polar surface area (TPSA) is 38.1 Å². The van der Waals surface area contributed by atoms with E-state index < -0.39 is 0 Å². The fourth-order valence-corrected chi connectivity index (χ4v) is 2.91. The molecule has 4 heteroatoms. The zero-order valence-electron chi connectivity index (χ0n) is 8.45. The maximum atomic E-state index is 5.48. The van der Waals surface area contributed by atoms with Gasteiger partial charge in [0.05, 0.1) is 10.9 Å². The summed E-state index contributed by atoms with van der Waals surface area (Å²) in [4.78, 5) is 4.47. The molecule has 1 unspecified atom stereocenters. The van der Waals surface area contributed by atoms with Gasteiger partial charge in [0, 0.05) is 6.54 Å². The Bertz CT molecular complexity index is 281. The van der Waals surface area contributed by atoms with E-state index in [0.29, 0.717) is 5.25 Å². The highest BCUT2D eigenvalue weighted by Gasteiger charge is 2.20. The van der Waals surface area contributed by atoms with Crippen LogP contribution in [0.25, 0.3) is 0 Å². The first-order valence-electron chi connectivity index (χ1n) is 5.10. The van der Waals surface area contributed by atoms with Crippen LogP contribution in [0.5, 0.6) is 0 Å². The smallest absolute Gasteiger partial charge is 0.207 e. The van der Waals surface area contributed by atoms with Gasteiger partial charge >= 0.3 is 0 Å². The molecule has 0 bridgehead atoms. The lowest BCUT2D eigenvalue weighted by molar-refractivity contribution is 0.473. The third kappa shape index (κ3) is 2.30. The second kappa shape index (κ2) is 4.84. The minimum absolute atomic E-state index is 0.495. The Labute approximate surface area is 88.7 Å². The van der Waals surface area contributed by atoms with E-state index in [4.69, 9.17) is 4.42 Å². The van der Waals surface area contributed by atoms with Gasteiger partial charge in [-0.15, -0.1) is 11.8 Å². The molecular weight excluding hydrogens is 196 g/mol. The van der Waals surface area contributed by atoms with Gasteiger partial charge in [0.25, 0.3) is 0 Å². The predicted molar refractivity (Wildman–Crippen MR) is 58.3 cm³/mol. The Balaban J connectivity index is 2.00. The van der Waals surface area contributed by atoms with Gasteiger partial charge in [-0.05, 0) is 25.6 Å². The van der Waals surface area contributed by atoms with Crippen LogP contribution in [0.3, 0.4) is 0 Å². The molecule has 2 rings (SSSR count). The molecule has 14 heavy (non-hydrogen) atoms. The van der Waals surface area contributed by atoms with E-state index in [1.165, 1.54) is 25.0 Å². The molecule has 0 radical (unpaired) electrons. The van der Waals surface area contributed by atoms with Gasteiger partial charge in [-0.2, -0.15) is 0 Å². The molecule has 0 spiro atoms. The first kappa shape index (κ1) is 10.1. The number of hydrogen-bond donors (Lipinski definition) is 1. The molecule has 0 amide bonds. The third-order valence-corrected chi connectivity index (χ3v) is 3.75. The van der Waals surface area contributed by atoms with Crippen LogP contribution in [0, 0.1) is 0 Å². The van der Waals surface area contributed by atoms with Crippen LogP contribution < -0.4 is 5.32 Å². The van der Waals surface area contributed by atoms with Gasteiger partial charge in [0.2, 0.25) is 5.89 Å². The molecule has 78 valence electrons. The lowest BCUT2D eigenvalue weighted by atomic mass is 10.2. The fourth-order valence-electron chi connectivity index (χ4n) is 1.67. The van der Waals surface area contributed by atoms with E-state index in [0.717, 1.165) is 18.1 Å². The predicted octanol–water partition coefficient (Wildman–Crippen LogP) is 2.35. The molecule has 1 N–H and O–H groups in total. The van der Waals surface area contributed by atoms with Crippen molar-refractivity contribution < 1.29 is 4.42 Å². The summed E-state index contributed by atoms with van der Waals surface area (Å²) in [5, 5.41) is 3.57. The van der Waals surface area contributed by atoms with E-state index >= 15 is 0 Å². The molecule has 1 aliphatic heterocycles. The van der Waals surface area contributed by atoms with Crippen LogP contribution in [0.15, 0.2) is 10.7 Å². The molecule has 0 aromatic carbocycles. The zero-order chi connectivity index (χ0) is 9.80. The fraction of sp³-hybridized carbons (Fsp3) is 0.700. The van der Waals surface area contributed by atoms with Crippen molar-refractivity contribution in [3.05, 3.63) is 17.8 Å². The average Bonchev–Trinajstić information content (AvgIpc) is 2.68. The van der Waals surface area contributed by atoms with Crippen molar-refractivity contribution in [2.24, 2.45) is 0 Å². The summed E-state index contributed by atoms with van der Waals surface area (Å²) in [6, 6.07) is 0. The number of rotatable bonds is 3. The molecule has 1 aromatic rings. The summed E-state index contributed by atoms with van der Waals surface area (Å²) in [5.41, 5.74) is 1.01. The Kier molecular flexibility index (Phi) is 3.48. The van der Waals surface area contributed by atoms with Crippen LogP contribution in [0.4, 0.5) is 0 Å². The van der Waals surface area contributed by atoms with Gasteiger partial charge in [0.1, 0.15) is 6.26 Å². The number of nitrogens with one attached hydrogen (secondary N) is 1. The highest BCUT2D eigenvalue weighted by Crippen LogP contribution is 2.37. The van der Waals surface area contributed by atoms with Crippen LogP contribution in [-0.2, 0) is 6.54 Å². The standard InChI is InChI=1S/C10H16N2OS/c1-11-6-8-7-13-10(12-8)9-4-2-3-5-14-9/h7,9,11H,2-6H2,1H3. The lowest BCUT2D eigenvalue weighted by Gasteiger charge is -2.17. The van der Waals surface area contributed by atoms with Gasteiger partial charge in [-0.3, -0.25) is 0 Å². The van der Waals surface area contributed by atoms with Crippen LogP contribution >= 0.6 is 11.8 Å². The molecule has 1 aliphatic rings. The first-order chi connectivity index (χ1) is 6.90. The number of nitrogens with zero attached hydrogens (tertiary/aromatic N) is 1. The van der Waals surface area contributed by atoms with Gasteiger partial charge in [-0.25, -0.2) is 4.98 Å². The van der Waals surface area contributed by atoms with Gasteiger partial charge in [0.15, 0.2) is 0 Å². The van der Waals surface area contributed by atoms with E-state index in [9.17, 15) is 0 Å². The maximum Gasteiger partial charge on any atom is 0.207 e. The molecule has 0 saturated carbocycles. The van der Waals surface area contributed by atoms with E-state index in [1.54, 1.807) is 6.26 Å². The van der Waals surface area contributed by atoms with Gasteiger partial charge < -0.3 is 9.73 Å². The molecule has 1 saturated heterocycles. The second-order valence-corrected chi connectivity index (χ2v) is 4.87. The monoisotopic (exact) mass is 212 g/mol. The Morgan fingerprint density at radius 2 is 2.57 bits per heavy atom. The molecule has 1 fully saturated rings. The van der Waals surface area contributed by atoms with E-state index in [2.05, 4.69) is 10.3 Å². The highest BCUT2D eigenvalue weighted by molar-refractivity contribution is 7.99. The largest absolute Gasteiger partial charge is 0.447 e. The minimum Gasteiger partial charge on any atom is -0.447 e. The van der Waals surface area contributed by atoms with Crippen molar-refractivity contribution in [2.75, 3.05) is 12.8 Å². The number of aromatic nitrogens is 1. The highest BCUT2D eigenvalue weighted by atomic mass is 32.2. The maximum absolute atomic E-state index is 5.48. The molecular formula is C10H16N2OS. The average molecular weight is 212 g/mol. The third-order valence-electron chi connectivity index (χ3n) is 2.38. The Morgan fingerprint density at radius 3 is 3.29 bits per heavy atom. The Hall–Kier alpha value is -0.480. The van der Waals surface area contributed by atoms with Crippen molar-refractivity contribution in [1.82, 2.24) is 10.3 Å². The number of hydrogen-bond acceptors (Lipinski definition) is 4. The van der Waals surface area contributed by atoms with Crippen LogP contribution in [-0.4, -0.2) is 17.8 Å². The summed E-state index contributed by atoms with van der Waals surface area (Å²) in [7, 11) is 1.92. The summed E-state index contributed by atoms with van der Waals surface area (Å²) in [6.07, 6.45) is 5.62. The minimum atomic E-state index is 0.495. The first-order valence-corrected chi connectivity index (χ1v) is 6.15. The normalized spacial score (nSPS) is 22.5. The molecule has 2 heterocycles. The zero-order valence-corrected chi connectivity index (χ0v) is 9.27. The van der Waals surface area contributed by atoms with Crippen molar-refractivity contribution >= 4 is 11.8 Å². The van der Waals surface area contributed by atoms with Crippen LogP contribution in [0.1, 0.15) is 36.1 Å². The van der Waals surface area contributed by atoms with Gasteiger partial charge in [-0.1, -0.05) is 6.42 Å². The van der Waals surface area contributed by atoms with Crippen LogP contribution in [0.2, 0.25) is 0 Å². The van der Waals surface area contributed by atoms with Crippen molar-refractivity contribution in [1.29, 1.82) is 0 Å². The Morgan fingerprint density at radius 1 is 1.64 bits per heavy atom. The second-order valence-electron chi connectivity index (χ2n) is 3.56. The SMILES string of the molecule is CNCc1coc(C2CCCCS2)n1. The number of thioether (sulfide) groups is 1. The summed E-state index contributed by atoms with van der Waals surface area (Å²) >= 11 is 1.97. The number of oxazole rings is 1. The summed E-state index contributed by atoms with van der Waals surface area (Å²) < 4.78 is 5.48. The quantitative estimate of drug-likeness (QED) is 0.834. The van der Waals surface area contributed by atoms with Crippen molar-refractivity contribution in [3.8, 4) is 0 Å². The molecule has 0 aliphatic carbocycles. The van der Waals surface area contributed by atoms with E-state index in [1.807, 2.05) is 18.8 Å². The lowest BCUT2D eigenvalue weighted by Crippen LogP contribution is -2.06. The van der Waals surface area contributed by atoms with E-state index in [-0.39, 0.29) is 0 Å².